The highest BCUT2D eigenvalue weighted by molar-refractivity contribution is 6.01. The molecular weight excluding hydrogens is 301 g/mol. The van der Waals surface area contributed by atoms with Gasteiger partial charge < -0.3 is 10.1 Å². The molecule has 1 aromatic carbocycles. The molecule has 0 radical (unpaired) electrons. The fourth-order valence-corrected chi connectivity index (χ4v) is 2.21. The Labute approximate surface area is 134 Å². The van der Waals surface area contributed by atoms with Crippen LogP contribution in [0, 0.1) is 5.82 Å². The largest absolute Gasteiger partial charge is 0.376 e. The first-order valence-corrected chi connectivity index (χ1v) is 7.52. The molecule has 7 heteroatoms. The Morgan fingerprint density at radius 1 is 1.43 bits per heavy atom. The number of ether oxygens (including phenoxy) is 1. The first kappa shape index (κ1) is 17.1. The molecule has 2 N–H and O–H groups in total. The lowest BCUT2D eigenvalue weighted by Gasteiger charge is -2.10. The van der Waals surface area contributed by atoms with Crippen molar-refractivity contribution in [3.05, 3.63) is 35.6 Å². The molecule has 0 spiro atoms. The SMILES string of the molecule is C/C(CC(=O)NCC1CCCO1)=N\NC(=O)c1cccc(F)c1. The first-order valence-electron chi connectivity index (χ1n) is 7.52. The fraction of sp³-hybridized carbons (Fsp3) is 0.438. The van der Waals surface area contributed by atoms with E-state index >= 15 is 0 Å². The van der Waals surface area contributed by atoms with Crippen LogP contribution in [0.15, 0.2) is 29.4 Å². The zero-order valence-electron chi connectivity index (χ0n) is 13.0. The molecule has 2 rings (SSSR count). The minimum absolute atomic E-state index is 0.0795. The molecule has 1 aromatic rings. The molecule has 1 aliphatic rings. The smallest absolute Gasteiger partial charge is 0.271 e. The predicted octanol–water partition coefficient (Wildman–Crippen LogP) is 1.62. The zero-order valence-corrected chi connectivity index (χ0v) is 13.0. The number of nitrogens with one attached hydrogen (secondary N) is 2. The second-order valence-electron chi connectivity index (χ2n) is 5.41. The summed E-state index contributed by atoms with van der Waals surface area (Å²) < 4.78 is 18.4. The van der Waals surface area contributed by atoms with Gasteiger partial charge in [0, 0.05) is 24.4 Å². The van der Waals surface area contributed by atoms with Crippen LogP contribution in [-0.4, -0.2) is 36.8 Å². The van der Waals surface area contributed by atoms with Crippen molar-refractivity contribution < 1.29 is 18.7 Å². The average Bonchev–Trinajstić information content (AvgIpc) is 3.04. The van der Waals surface area contributed by atoms with Gasteiger partial charge in [0.2, 0.25) is 5.91 Å². The summed E-state index contributed by atoms with van der Waals surface area (Å²) >= 11 is 0. The number of amides is 2. The standard InChI is InChI=1S/C16H20FN3O3/c1-11(8-15(21)18-10-14-6-3-7-23-14)19-20-16(22)12-4-2-5-13(17)9-12/h2,4-5,9,14H,3,6-8,10H2,1H3,(H,18,21)(H,20,22)/b19-11+. The van der Waals surface area contributed by atoms with Gasteiger partial charge in [0.05, 0.1) is 12.5 Å². The minimum Gasteiger partial charge on any atom is -0.376 e. The van der Waals surface area contributed by atoms with Gasteiger partial charge >= 0.3 is 0 Å². The van der Waals surface area contributed by atoms with Gasteiger partial charge in [0.15, 0.2) is 0 Å². The van der Waals surface area contributed by atoms with Gasteiger partial charge in [-0.1, -0.05) is 6.07 Å². The molecule has 0 bridgehead atoms. The van der Waals surface area contributed by atoms with Gasteiger partial charge in [0.25, 0.3) is 5.91 Å². The number of nitrogens with zero attached hydrogens (tertiary/aromatic N) is 1. The van der Waals surface area contributed by atoms with E-state index in [1.165, 1.54) is 18.2 Å². The van der Waals surface area contributed by atoms with Crippen LogP contribution in [0.1, 0.15) is 36.5 Å². The van der Waals surface area contributed by atoms with Crippen LogP contribution in [-0.2, 0) is 9.53 Å². The van der Waals surface area contributed by atoms with Crippen molar-refractivity contribution in [3.8, 4) is 0 Å². The Morgan fingerprint density at radius 3 is 2.96 bits per heavy atom. The lowest BCUT2D eigenvalue weighted by atomic mass is 10.2. The van der Waals surface area contributed by atoms with E-state index in [1.54, 1.807) is 6.92 Å². The molecule has 1 atom stereocenters. The third-order valence-electron chi connectivity index (χ3n) is 3.40. The Bertz CT molecular complexity index is 598. The molecule has 1 heterocycles. The van der Waals surface area contributed by atoms with E-state index < -0.39 is 11.7 Å². The van der Waals surface area contributed by atoms with Gasteiger partial charge in [-0.2, -0.15) is 5.10 Å². The maximum atomic E-state index is 13.0. The number of benzene rings is 1. The molecule has 2 amide bonds. The monoisotopic (exact) mass is 321 g/mol. The van der Waals surface area contributed by atoms with Crippen molar-refractivity contribution >= 4 is 17.5 Å². The van der Waals surface area contributed by atoms with Crippen molar-refractivity contribution in [1.29, 1.82) is 0 Å². The molecule has 0 aromatic heterocycles. The minimum atomic E-state index is -0.524. The summed E-state index contributed by atoms with van der Waals surface area (Å²) in [6.07, 6.45) is 2.14. The third-order valence-corrected chi connectivity index (χ3v) is 3.40. The second kappa shape index (κ2) is 8.38. The molecule has 1 saturated heterocycles. The Kier molecular flexibility index (Phi) is 6.22. The normalized spacial score (nSPS) is 17.8. The Morgan fingerprint density at radius 2 is 2.26 bits per heavy atom. The van der Waals surface area contributed by atoms with Gasteiger partial charge in [-0.05, 0) is 38.0 Å². The highest BCUT2D eigenvalue weighted by Crippen LogP contribution is 2.10. The van der Waals surface area contributed by atoms with Crippen molar-refractivity contribution in [1.82, 2.24) is 10.7 Å². The van der Waals surface area contributed by atoms with Crippen LogP contribution >= 0.6 is 0 Å². The Hall–Kier alpha value is -2.28. The van der Waals surface area contributed by atoms with E-state index in [0.717, 1.165) is 25.5 Å². The molecule has 1 aliphatic heterocycles. The van der Waals surface area contributed by atoms with Crippen LogP contribution in [0.2, 0.25) is 0 Å². The van der Waals surface area contributed by atoms with E-state index in [0.29, 0.717) is 12.3 Å². The summed E-state index contributed by atoms with van der Waals surface area (Å²) in [5.41, 5.74) is 2.93. The van der Waals surface area contributed by atoms with Crippen LogP contribution < -0.4 is 10.7 Å². The highest BCUT2D eigenvalue weighted by Gasteiger charge is 2.16. The van der Waals surface area contributed by atoms with Gasteiger partial charge in [-0.25, -0.2) is 9.82 Å². The van der Waals surface area contributed by atoms with Crippen molar-refractivity contribution in [2.24, 2.45) is 5.10 Å². The van der Waals surface area contributed by atoms with Crippen LogP contribution in [0.5, 0.6) is 0 Å². The number of carbonyl (C=O) groups excluding carboxylic acids is 2. The molecule has 0 saturated carbocycles. The molecule has 124 valence electrons. The summed E-state index contributed by atoms with van der Waals surface area (Å²) in [6, 6.07) is 5.30. The number of halogens is 1. The molecule has 23 heavy (non-hydrogen) atoms. The van der Waals surface area contributed by atoms with Gasteiger partial charge in [-0.3, -0.25) is 9.59 Å². The van der Waals surface area contributed by atoms with Crippen molar-refractivity contribution in [2.45, 2.75) is 32.3 Å². The van der Waals surface area contributed by atoms with Crippen molar-refractivity contribution in [2.75, 3.05) is 13.2 Å². The molecule has 1 unspecified atom stereocenters. The van der Waals surface area contributed by atoms with E-state index in [4.69, 9.17) is 4.74 Å². The van der Waals surface area contributed by atoms with Crippen LogP contribution in [0.4, 0.5) is 4.39 Å². The Balaban J connectivity index is 1.75. The van der Waals surface area contributed by atoms with E-state index in [-0.39, 0.29) is 24.0 Å². The number of carbonyl (C=O) groups is 2. The fourth-order valence-electron chi connectivity index (χ4n) is 2.21. The summed E-state index contributed by atoms with van der Waals surface area (Å²) in [5, 5.41) is 6.63. The van der Waals surface area contributed by atoms with Gasteiger partial charge in [0.1, 0.15) is 5.82 Å². The summed E-state index contributed by atoms with van der Waals surface area (Å²) in [5.74, 6) is -1.20. The number of hydrogen-bond donors (Lipinski definition) is 2. The molecular formula is C16H20FN3O3. The third kappa shape index (κ3) is 5.78. The van der Waals surface area contributed by atoms with E-state index in [9.17, 15) is 14.0 Å². The van der Waals surface area contributed by atoms with E-state index in [2.05, 4.69) is 15.8 Å². The molecule has 1 fully saturated rings. The topological polar surface area (TPSA) is 79.8 Å². The maximum absolute atomic E-state index is 13.0. The quantitative estimate of drug-likeness (QED) is 0.617. The second-order valence-corrected chi connectivity index (χ2v) is 5.41. The van der Waals surface area contributed by atoms with E-state index in [1.807, 2.05) is 0 Å². The maximum Gasteiger partial charge on any atom is 0.271 e. The molecule has 6 nitrogen and oxygen atoms in total. The van der Waals surface area contributed by atoms with Crippen LogP contribution in [0.3, 0.4) is 0 Å². The van der Waals surface area contributed by atoms with Gasteiger partial charge in [-0.15, -0.1) is 0 Å². The zero-order chi connectivity index (χ0) is 16.7. The van der Waals surface area contributed by atoms with Crippen LogP contribution in [0.25, 0.3) is 0 Å². The lowest BCUT2D eigenvalue weighted by Crippen LogP contribution is -2.33. The summed E-state index contributed by atoms with van der Waals surface area (Å²) in [6.45, 7) is 2.87. The summed E-state index contributed by atoms with van der Waals surface area (Å²) in [7, 11) is 0. The summed E-state index contributed by atoms with van der Waals surface area (Å²) in [4.78, 5) is 23.5. The highest BCUT2D eigenvalue weighted by atomic mass is 19.1. The lowest BCUT2D eigenvalue weighted by molar-refractivity contribution is -0.120. The predicted molar refractivity (Wildman–Crippen MR) is 83.6 cm³/mol. The number of rotatable bonds is 6. The first-order chi connectivity index (χ1) is 11.0. The van der Waals surface area contributed by atoms with Crippen molar-refractivity contribution in [3.63, 3.8) is 0 Å². The molecule has 0 aliphatic carbocycles. The number of hydrogen-bond acceptors (Lipinski definition) is 4. The number of hydrazone groups is 1. The average molecular weight is 321 g/mol.